The highest BCUT2D eigenvalue weighted by Crippen LogP contribution is 2.30. The van der Waals surface area contributed by atoms with Gasteiger partial charge in [-0.3, -0.25) is 9.78 Å². The van der Waals surface area contributed by atoms with Crippen LogP contribution >= 0.6 is 0 Å². The normalized spacial score (nSPS) is 21.6. The van der Waals surface area contributed by atoms with E-state index < -0.39 is 11.9 Å². The standard InChI is InChI=1S/C14H18N2O4/c17-8-10-4-1-3-9(10)7-16-13(18)12-11(14(19)20)5-2-6-15-12/h2,5-6,9-10,17H,1,3-4,7-8H2,(H,16,18)(H,19,20). The van der Waals surface area contributed by atoms with Crippen molar-refractivity contribution in [3.63, 3.8) is 0 Å². The van der Waals surface area contributed by atoms with Crippen LogP contribution in [-0.2, 0) is 0 Å². The number of hydrogen-bond acceptors (Lipinski definition) is 4. The number of pyridine rings is 1. The van der Waals surface area contributed by atoms with Gasteiger partial charge in [-0.2, -0.15) is 0 Å². The fraction of sp³-hybridized carbons (Fsp3) is 0.500. The first-order valence-electron chi connectivity index (χ1n) is 6.71. The molecule has 1 aliphatic carbocycles. The Morgan fingerprint density at radius 2 is 2.10 bits per heavy atom. The Kier molecular flexibility index (Phi) is 4.68. The third-order valence-corrected chi connectivity index (χ3v) is 3.83. The van der Waals surface area contributed by atoms with Crippen LogP contribution in [-0.4, -0.2) is 40.2 Å². The van der Waals surface area contributed by atoms with Crippen LogP contribution in [0.3, 0.4) is 0 Å². The van der Waals surface area contributed by atoms with E-state index in [0.717, 1.165) is 19.3 Å². The van der Waals surface area contributed by atoms with Gasteiger partial charge in [-0.05, 0) is 36.8 Å². The fourth-order valence-corrected chi connectivity index (χ4v) is 2.69. The van der Waals surface area contributed by atoms with Gasteiger partial charge in [-0.15, -0.1) is 0 Å². The van der Waals surface area contributed by atoms with Crippen LogP contribution in [0.15, 0.2) is 18.3 Å². The lowest BCUT2D eigenvalue weighted by molar-refractivity contribution is 0.0689. The Morgan fingerprint density at radius 3 is 2.80 bits per heavy atom. The largest absolute Gasteiger partial charge is 0.478 e. The zero-order valence-electron chi connectivity index (χ0n) is 11.1. The monoisotopic (exact) mass is 278 g/mol. The van der Waals surface area contributed by atoms with E-state index in [9.17, 15) is 14.7 Å². The molecule has 1 heterocycles. The SMILES string of the molecule is O=C(O)c1cccnc1C(=O)NCC1CCCC1CO. The maximum atomic E-state index is 12.0. The van der Waals surface area contributed by atoms with Crippen LogP contribution in [0.25, 0.3) is 0 Å². The van der Waals surface area contributed by atoms with Crippen LogP contribution in [0.2, 0.25) is 0 Å². The highest BCUT2D eigenvalue weighted by Gasteiger charge is 2.27. The number of carboxylic acid groups (broad SMARTS) is 1. The Morgan fingerprint density at radius 1 is 1.35 bits per heavy atom. The Hall–Kier alpha value is -1.95. The first kappa shape index (κ1) is 14.5. The molecule has 1 saturated carbocycles. The van der Waals surface area contributed by atoms with Crippen molar-refractivity contribution in [1.82, 2.24) is 10.3 Å². The van der Waals surface area contributed by atoms with Crippen molar-refractivity contribution < 1.29 is 19.8 Å². The molecule has 108 valence electrons. The zero-order valence-corrected chi connectivity index (χ0v) is 11.1. The van der Waals surface area contributed by atoms with Crippen LogP contribution in [0, 0.1) is 11.8 Å². The van der Waals surface area contributed by atoms with Crippen LogP contribution < -0.4 is 5.32 Å². The van der Waals surface area contributed by atoms with Crippen LogP contribution in [0.4, 0.5) is 0 Å². The number of nitrogens with zero attached hydrogens (tertiary/aromatic N) is 1. The van der Waals surface area contributed by atoms with Gasteiger partial charge in [-0.1, -0.05) is 6.42 Å². The average molecular weight is 278 g/mol. The number of amides is 1. The molecular weight excluding hydrogens is 260 g/mol. The third kappa shape index (κ3) is 3.14. The molecule has 3 N–H and O–H groups in total. The van der Waals surface area contributed by atoms with E-state index in [1.54, 1.807) is 0 Å². The molecule has 0 aliphatic heterocycles. The van der Waals surface area contributed by atoms with Gasteiger partial charge in [0.05, 0.1) is 5.56 Å². The predicted octanol–water partition coefficient (Wildman–Crippen LogP) is 0.918. The van der Waals surface area contributed by atoms with Crippen molar-refractivity contribution in [2.24, 2.45) is 11.8 Å². The summed E-state index contributed by atoms with van der Waals surface area (Å²) in [6, 6.07) is 2.84. The highest BCUT2D eigenvalue weighted by atomic mass is 16.4. The molecule has 2 unspecified atom stereocenters. The lowest BCUT2D eigenvalue weighted by atomic mass is 9.97. The summed E-state index contributed by atoms with van der Waals surface area (Å²) in [5.41, 5.74) is -0.173. The average Bonchev–Trinajstić information content (AvgIpc) is 2.92. The number of nitrogens with one attached hydrogen (secondary N) is 1. The van der Waals surface area contributed by atoms with Gasteiger partial charge in [0, 0.05) is 19.3 Å². The lowest BCUT2D eigenvalue weighted by Gasteiger charge is -2.17. The number of aliphatic hydroxyl groups is 1. The van der Waals surface area contributed by atoms with Crippen molar-refractivity contribution >= 4 is 11.9 Å². The molecule has 0 bridgehead atoms. The van der Waals surface area contributed by atoms with Gasteiger partial charge in [0.1, 0.15) is 5.69 Å². The number of aromatic nitrogens is 1. The molecule has 1 aromatic rings. The van der Waals surface area contributed by atoms with Crippen LogP contribution in [0.5, 0.6) is 0 Å². The summed E-state index contributed by atoms with van der Waals surface area (Å²) in [5.74, 6) is -1.18. The maximum absolute atomic E-state index is 12.0. The molecule has 2 rings (SSSR count). The maximum Gasteiger partial charge on any atom is 0.338 e. The molecule has 0 aromatic carbocycles. The molecule has 20 heavy (non-hydrogen) atoms. The number of hydrogen-bond donors (Lipinski definition) is 3. The minimum Gasteiger partial charge on any atom is -0.478 e. The molecule has 6 nitrogen and oxygen atoms in total. The summed E-state index contributed by atoms with van der Waals surface area (Å²) in [7, 11) is 0. The van der Waals surface area contributed by atoms with Gasteiger partial charge >= 0.3 is 5.97 Å². The van der Waals surface area contributed by atoms with Gasteiger partial charge in [-0.25, -0.2) is 4.79 Å². The van der Waals surface area contributed by atoms with Crippen LogP contribution in [0.1, 0.15) is 40.1 Å². The molecule has 6 heteroatoms. The zero-order chi connectivity index (χ0) is 14.5. The van der Waals surface area contributed by atoms with E-state index in [4.69, 9.17) is 5.11 Å². The minimum atomic E-state index is -1.17. The first-order valence-corrected chi connectivity index (χ1v) is 6.71. The van der Waals surface area contributed by atoms with Gasteiger partial charge in [0.25, 0.3) is 5.91 Å². The Labute approximate surface area is 116 Å². The van der Waals surface area contributed by atoms with Crippen molar-refractivity contribution in [1.29, 1.82) is 0 Å². The molecule has 1 aliphatic rings. The fourth-order valence-electron chi connectivity index (χ4n) is 2.69. The summed E-state index contributed by atoms with van der Waals surface area (Å²) in [6.45, 7) is 0.574. The van der Waals surface area contributed by atoms with Gasteiger partial charge < -0.3 is 15.5 Å². The topological polar surface area (TPSA) is 99.5 Å². The van der Waals surface area contributed by atoms with E-state index >= 15 is 0 Å². The van der Waals surface area contributed by atoms with Crippen molar-refractivity contribution in [3.05, 3.63) is 29.6 Å². The molecular formula is C14H18N2O4. The molecule has 1 fully saturated rings. The second-order valence-electron chi connectivity index (χ2n) is 5.05. The lowest BCUT2D eigenvalue weighted by Crippen LogP contribution is -2.33. The number of aliphatic hydroxyl groups excluding tert-OH is 1. The Balaban J connectivity index is 2.00. The molecule has 0 radical (unpaired) electrons. The number of carbonyl (C=O) groups excluding carboxylic acids is 1. The number of aromatic carboxylic acids is 1. The summed E-state index contributed by atoms with van der Waals surface area (Å²) >= 11 is 0. The third-order valence-electron chi connectivity index (χ3n) is 3.83. The smallest absolute Gasteiger partial charge is 0.338 e. The van der Waals surface area contributed by atoms with Crippen molar-refractivity contribution in [2.75, 3.05) is 13.2 Å². The molecule has 1 amide bonds. The molecule has 1 aromatic heterocycles. The minimum absolute atomic E-state index is 0.0708. The summed E-state index contributed by atoms with van der Waals surface area (Å²) < 4.78 is 0. The van der Waals surface area contributed by atoms with Crippen molar-refractivity contribution in [2.45, 2.75) is 19.3 Å². The molecule has 0 saturated heterocycles. The summed E-state index contributed by atoms with van der Waals surface area (Å²) in [6.07, 6.45) is 4.39. The molecule has 0 spiro atoms. The van der Waals surface area contributed by atoms with E-state index in [-0.39, 0.29) is 29.7 Å². The summed E-state index contributed by atoms with van der Waals surface area (Å²) in [5, 5.41) is 21.0. The first-order chi connectivity index (χ1) is 9.63. The van der Waals surface area contributed by atoms with E-state index in [0.29, 0.717) is 6.54 Å². The number of rotatable bonds is 5. The van der Waals surface area contributed by atoms with E-state index in [1.807, 2.05) is 0 Å². The predicted molar refractivity (Wildman–Crippen MR) is 71.4 cm³/mol. The van der Waals surface area contributed by atoms with Crippen molar-refractivity contribution in [3.8, 4) is 0 Å². The second kappa shape index (κ2) is 6.47. The quantitative estimate of drug-likeness (QED) is 0.743. The van der Waals surface area contributed by atoms with Gasteiger partial charge in [0.15, 0.2) is 0 Å². The molecule has 2 atom stereocenters. The number of carbonyl (C=O) groups is 2. The Bertz CT molecular complexity index is 504. The van der Waals surface area contributed by atoms with E-state index in [2.05, 4.69) is 10.3 Å². The van der Waals surface area contributed by atoms with E-state index in [1.165, 1.54) is 18.3 Å². The number of carboxylic acids is 1. The summed E-state index contributed by atoms with van der Waals surface area (Å²) in [4.78, 5) is 26.9. The second-order valence-corrected chi connectivity index (χ2v) is 5.05. The van der Waals surface area contributed by atoms with Gasteiger partial charge in [0.2, 0.25) is 0 Å². The highest BCUT2D eigenvalue weighted by molar-refractivity contribution is 6.03.